The Morgan fingerprint density at radius 2 is 1.74 bits per heavy atom. The van der Waals surface area contributed by atoms with Crippen molar-refractivity contribution in [2.75, 3.05) is 5.32 Å². The van der Waals surface area contributed by atoms with E-state index in [0.29, 0.717) is 6.04 Å². The first-order valence-corrected chi connectivity index (χ1v) is 11.9. The van der Waals surface area contributed by atoms with Gasteiger partial charge in [0.25, 0.3) is 0 Å². The van der Waals surface area contributed by atoms with Crippen LogP contribution in [0.1, 0.15) is 50.1 Å². The van der Waals surface area contributed by atoms with Crippen LogP contribution in [0.3, 0.4) is 0 Å². The lowest BCUT2D eigenvalue weighted by atomic mass is 9.95. The summed E-state index contributed by atoms with van der Waals surface area (Å²) in [7, 11) is 0. The van der Waals surface area contributed by atoms with Gasteiger partial charge in [0.15, 0.2) is 11.0 Å². The monoisotopic (exact) mass is 434 g/mol. The lowest BCUT2D eigenvalue weighted by molar-refractivity contribution is -0.115. The van der Waals surface area contributed by atoms with Crippen molar-refractivity contribution in [2.45, 2.75) is 61.4 Å². The van der Waals surface area contributed by atoms with Crippen LogP contribution in [0.4, 0.5) is 5.69 Å². The lowest BCUT2D eigenvalue weighted by Crippen LogP contribution is -2.24. The summed E-state index contributed by atoms with van der Waals surface area (Å²) in [5.74, 6) is 1.07. The molecule has 31 heavy (non-hydrogen) atoms. The van der Waals surface area contributed by atoms with Crippen LogP contribution in [0.2, 0.25) is 0 Å². The molecular weight excluding hydrogens is 408 g/mol. The number of phenolic OH excluding ortho intramolecular Hbond substituents is 1. The minimum Gasteiger partial charge on any atom is -0.508 e. The number of rotatable bonds is 4. The molecule has 0 bridgehead atoms. The molecule has 3 aromatic rings. The van der Waals surface area contributed by atoms with E-state index in [2.05, 4.69) is 26.1 Å². The summed E-state index contributed by atoms with van der Waals surface area (Å²) in [6.45, 7) is 0. The van der Waals surface area contributed by atoms with Crippen LogP contribution >= 0.6 is 11.8 Å². The van der Waals surface area contributed by atoms with Gasteiger partial charge in [0.1, 0.15) is 5.75 Å². The average Bonchev–Trinajstić information content (AvgIpc) is 3.14. The Morgan fingerprint density at radius 3 is 2.55 bits per heavy atom. The second-order valence-corrected chi connectivity index (χ2v) is 9.48. The summed E-state index contributed by atoms with van der Waals surface area (Å²) in [5, 5.41) is 22.4. The molecule has 2 aliphatic rings. The molecule has 1 fully saturated rings. The standard InChI is InChI=1S/C24H26N4O2S/c29-19-13-10-17(11-14-19)22-26-27-24(28(22)18-7-2-1-3-8-18)31-21-15-12-16-6-4-5-9-20(16)25-23(21)30/h4-6,9-11,13-14,18,21,29H,1-3,7-8,12,15H2,(H,25,30)/t21-/m1/s1. The Morgan fingerprint density at radius 1 is 0.968 bits per heavy atom. The maximum absolute atomic E-state index is 13.0. The molecule has 0 radical (unpaired) electrons. The van der Waals surface area contributed by atoms with E-state index in [9.17, 15) is 9.90 Å². The number of phenols is 1. The molecule has 2 N–H and O–H groups in total. The van der Waals surface area contributed by atoms with E-state index in [1.54, 1.807) is 12.1 Å². The zero-order valence-corrected chi connectivity index (χ0v) is 18.1. The first-order chi connectivity index (χ1) is 15.2. The number of anilines is 1. The minimum absolute atomic E-state index is 0.0272. The van der Waals surface area contributed by atoms with Crippen LogP contribution in [0.25, 0.3) is 11.4 Å². The third-order valence-electron chi connectivity index (χ3n) is 6.22. The predicted molar refractivity (Wildman–Crippen MR) is 122 cm³/mol. The normalized spacial score (nSPS) is 19.5. The summed E-state index contributed by atoms with van der Waals surface area (Å²) in [5.41, 5.74) is 3.02. The Kier molecular flexibility index (Phi) is 5.68. The van der Waals surface area contributed by atoms with Crippen LogP contribution in [-0.4, -0.2) is 31.0 Å². The van der Waals surface area contributed by atoms with Gasteiger partial charge in [-0.1, -0.05) is 49.2 Å². The number of amides is 1. The number of fused-ring (bicyclic) bond motifs is 1. The van der Waals surface area contributed by atoms with Crippen molar-refractivity contribution in [2.24, 2.45) is 0 Å². The number of aromatic hydroxyl groups is 1. The van der Waals surface area contributed by atoms with Crippen molar-refractivity contribution >= 4 is 23.4 Å². The molecule has 1 atom stereocenters. The number of nitrogens with one attached hydrogen (secondary N) is 1. The Bertz CT molecular complexity index is 1070. The van der Waals surface area contributed by atoms with Gasteiger partial charge in [-0.05, 0) is 61.6 Å². The highest BCUT2D eigenvalue weighted by atomic mass is 32.2. The number of thioether (sulfide) groups is 1. The number of hydrogen-bond donors (Lipinski definition) is 2. The molecule has 6 nitrogen and oxygen atoms in total. The minimum atomic E-state index is -0.216. The Labute approximate surface area is 186 Å². The molecule has 0 unspecified atom stereocenters. The van der Waals surface area contributed by atoms with Crippen molar-refractivity contribution in [3.05, 3.63) is 54.1 Å². The first-order valence-electron chi connectivity index (χ1n) is 11.0. The maximum Gasteiger partial charge on any atom is 0.237 e. The van der Waals surface area contributed by atoms with Crippen LogP contribution in [0.15, 0.2) is 53.7 Å². The number of benzene rings is 2. The number of hydrogen-bond acceptors (Lipinski definition) is 5. The molecular formula is C24H26N4O2S. The molecule has 1 amide bonds. The van der Waals surface area contributed by atoms with E-state index >= 15 is 0 Å². The molecule has 2 heterocycles. The molecule has 7 heteroatoms. The van der Waals surface area contributed by atoms with E-state index in [4.69, 9.17) is 0 Å². The summed E-state index contributed by atoms with van der Waals surface area (Å²) in [6.07, 6.45) is 7.47. The van der Waals surface area contributed by atoms with Crippen LogP contribution in [-0.2, 0) is 11.2 Å². The SMILES string of the molecule is O=C1Nc2ccccc2CC[C@H]1Sc1nnc(-c2ccc(O)cc2)n1C1CCCCC1. The maximum atomic E-state index is 13.0. The molecule has 2 aromatic carbocycles. The molecule has 5 rings (SSSR count). The molecule has 1 aliphatic heterocycles. The highest BCUT2D eigenvalue weighted by molar-refractivity contribution is 8.00. The fourth-order valence-corrected chi connectivity index (χ4v) is 5.66. The van der Waals surface area contributed by atoms with Gasteiger partial charge in [0.05, 0.1) is 5.25 Å². The van der Waals surface area contributed by atoms with Crippen molar-refractivity contribution in [3.63, 3.8) is 0 Å². The number of aryl methyl sites for hydroxylation is 1. The molecule has 0 saturated heterocycles. The van der Waals surface area contributed by atoms with Gasteiger partial charge >= 0.3 is 0 Å². The van der Waals surface area contributed by atoms with Crippen molar-refractivity contribution in [3.8, 4) is 17.1 Å². The number of carbonyl (C=O) groups is 1. The Hall–Kier alpha value is -2.80. The van der Waals surface area contributed by atoms with Gasteiger partial charge in [0, 0.05) is 17.3 Å². The predicted octanol–water partition coefficient (Wildman–Crippen LogP) is 5.20. The third kappa shape index (κ3) is 4.19. The smallest absolute Gasteiger partial charge is 0.237 e. The van der Waals surface area contributed by atoms with Crippen molar-refractivity contribution < 1.29 is 9.90 Å². The van der Waals surface area contributed by atoms with Crippen LogP contribution in [0.5, 0.6) is 5.75 Å². The fraction of sp³-hybridized carbons (Fsp3) is 0.375. The lowest BCUT2D eigenvalue weighted by Gasteiger charge is -2.26. The van der Waals surface area contributed by atoms with E-state index in [-0.39, 0.29) is 16.9 Å². The quantitative estimate of drug-likeness (QED) is 0.590. The van der Waals surface area contributed by atoms with E-state index in [1.807, 2.05) is 30.3 Å². The molecule has 0 spiro atoms. The van der Waals surface area contributed by atoms with E-state index in [0.717, 1.165) is 47.9 Å². The highest BCUT2D eigenvalue weighted by Crippen LogP contribution is 2.38. The number of para-hydroxylation sites is 1. The van der Waals surface area contributed by atoms with Crippen molar-refractivity contribution in [1.82, 2.24) is 14.8 Å². The first kappa shape index (κ1) is 20.1. The Balaban J connectivity index is 1.46. The highest BCUT2D eigenvalue weighted by Gasteiger charge is 2.30. The number of aromatic nitrogens is 3. The fourth-order valence-electron chi connectivity index (χ4n) is 4.56. The zero-order chi connectivity index (χ0) is 21.2. The van der Waals surface area contributed by atoms with Gasteiger partial charge in [-0.25, -0.2) is 0 Å². The zero-order valence-electron chi connectivity index (χ0n) is 17.3. The summed E-state index contributed by atoms with van der Waals surface area (Å²) < 4.78 is 2.24. The topological polar surface area (TPSA) is 80.0 Å². The van der Waals surface area contributed by atoms with Gasteiger partial charge in [-0.2, -0.15) is 0 Å². The average molecular weight is 435 g/mol. The third-order valence-corrected chi connectivity index (χ3v) is 7.44. The molecule has 1 aliphatic carbocycles. The largest absolute Gasteiger partial charge is 0.508 e. The van der Waals surface area contributed by atoms with Gasteiger partial charge in [-0.3, -0.25) is 9.36 Å². The van der Waals surface area contributed by atoms with E-state index in [1.165, 1.54) is 36.6 Å². The number of nitrogens with zero attached hydrogens (tertiary/aromatic N) is 3. The van der Waals surface area contributed by atoms with E-state index < -0.39 is 0 Å². The molecule has 160 valence electrons. The number of carbonyl (C=O) groups excluding carboxylic acids is 1. The van der Waals surface area contributed by atoms with Gasteiger partial charge in [-0.15, -0.1) is 10.2 Å². The molecule has 1 saturated carbocycles. The second-order valence-electron chi connectivity index (χ2n) is 8.31. The van der Waals surface area contributed by atoms with Crippen molar-refractivity contribution in [1.29, 1.82) is 0 Å². The second kappa shape index (κ2) is 8.75. The van der Waals surface area contributed by atoms with Gasteiger partial charge in [0.2, 0.25) is 5.91 Å². The molecule has 1 aromatic heterocycles. The summed E-state index contributed by atoms with van der Waals surface area (Å²) in [4.78, 5) is 13.0. The summed E-state index contributed by atoms with van der Waals surface area (Å²) in [6, 6.07) is 15.5. The van der Waals surface area contributed by atoms with Crippen LogP contribution < -0.4 is 5.32 Å². The van der Waals surface area contributed by atoms with Crippen LogP contribution in [0, 0.1) is 0 Å². The van der Waals surface area contributed by atoms with Gasteiger partial charge < -0.3 is 10.4 Å². The summed E-state index contributed by atoms with van der Waals surface area (Å²) >= 11 is 1.52.